The van der Waals surface area contributed by atoms with Crippen LogP contribution in [0.15, 0.2) is 52.9 Å². The van der Waals surface area contributed by atoms with Crippen LogP contribution in [0.2, 0.25) is 10.0 Å². The van der Waals surface area contributed by atoms with Gasteiger partial charge in [0.25, 0.3) is 5.91 Å². The normalized spacial score (nSPS) is 10.7. The SMILES string of the molecule is Cc1ccc(-c2ccc(C(=O)Nc3ccc(Cl)c(Cl)c3)o2)cc1C. The highest BCUT2D eigenvalue weighted by Crippen LogP contribution is 2.27. The summed E-state index contributed by atoms with van der Waals surface area (Å²) in [6.45, 7) is 4.09. The van der Waals surface area contributed by atoms with Gasteiger partial charge >= 0.3 is 0 Å². The zero-order valence-corrected chi connectivity index (χ0v) is 14.7. The zero-order chi connectivity index (χ0) is 17.3. The second-order valence-electron chi connectivity index (χ2n) is 5.55. The van der Waals surface area contributed by atoms with E-state index in [1.54, 1.807) is 30.3 Å². The number of carbonyl (C=O) groups excluding carboxylic acids is 1. The van der Waals surface area contributed by atoms with Crippen LogP contribution in [0.4, 0.5) is 5.69 Å². The van der Waals surface area contributed by atoms with Gasteiger partial charge in [-0.05, 0) is 61.4 Å². The Hall–Kier alpha value is -2.23. The van der Waals surface area contributed by atoms with E-state index in [4.69, 9.17) is 27.6 Å². The van der Waals surface area contributed by atoms with Gasteiger partial charge in [0.05, 0.1) is 10.0 Å². The van der Waals surface area contributed by atoms with Crippen LogP contribution in [-0.2, 0) is 0 Å². The average Bonchev–Trinajstić information content (AvgIpc) is 3.04. The van der Waals surface area contributed by atoms with Gasteiger partial charge in [-0.3, -0.25) is 4.79 Å². The number of hydrogen-bond donors (Lipinski definition) is 1. The Morgan fingerprint density at radius 3 is 2.42 bits per heavy atom. The molecule has 0 aliphatic heterocycles. The fraction of sp³-hybridized carbons (Fsp3) is 0.105. The Morgan fingerprint density at radius 1 is 0.917 bits per heavy atom. The molecule has 0 saturated heterocycles. The molecule has 0 saturated carbocycles. The Labute approximate surface area is 150 Å². The molecule has 0 radical (unpaired) electrons. The molecule has 0 spiro atoms. The molecular formula is C19H15Cl2NO2. The molecule has 3 aromatic rings. The van der Waals surface area contributed by atoms with Gasteiger partial charge < -0.3 is 9.73 Å². The van der Waals surface area contributed by atoms with Gasteiger partial charge in [0.1, 0.15) is 5.76 Å². The number of aryl methyl sites for hydroxylation is 2. The molecule has 1 heterocycles. The van der Waals surface area contributed by atoms with Gasteiger partial charge in [-0.2, -0.15) is 0 Å². The van der Waals surface area contributed by atoms with Gasteiger partial charge in [0.15, 0.2) is 5.76 Å². The lowest BCUT2D eigenvalue weighted by Crippen LogP contribution is -2.10. The Bertz CT molecular complexity index is 915. The van der Waals surface area contributed by atoms with E-state index in [0.29, 0.717) is 21.5 Å². The smallest absolute Gasteiger partial charge is 0.291 e. The summed E-state index contributed by atoms with van der Waals surface area (Å²) >= 11 is 11.8. The molecule has 122 valence electrons. The molecular weight excluding hydrogens is 345 g/mol. The molecule has 0 unspecified atom stereocenters. The van der Waals surface area contributed by atoms with Crippen molar-refractivity contribution in [2.24, 2.45) is 0 Å². The lowest BCUT2D eigenvalue weighted by atomic mass is 10.1. The fourth-order valence-electron chi connectivity index (χ4n) is 2.28. The maximum atomic E-state index is 12.3. The summed E-state index contributed by atoms with van der Waals surface area (Å²) in [5, 5.41) is 3.55. The van der Waals surface area contributed by atoms with E-state index in [-0.39, 0.29) is 11.7 Å². The number of nitrogens with one attached hydrogen (secondary N) is 1. The number of furan rings is 1. The van der Waals surface area contributed by atoms with E-state index in [1.807, 2.05) is 25.1 Å². The number of carbonyl (C=O) groups is 1. The topological polar surface area (TPSA) is 42.2 Å². The van der Waals surface area contributed by atoms with Crippen molar-refractivity contribution in [3.8, 4) is 11.3 Å². The van der Waals surface area contributed by atoms with Gasteiger partial charge in [-0.1, -0.05) is 35.3 Å². The lowest BCUT2D eigenvalue weighted by Gasteiger charge is -2.05. The lowest BCUT2D eigenvalue weighted by molar-refractivity contribution is 0.0997. The molecule has 1 N–H and O–H groups in total. The van der Waals surface area contributed by atoms with Crippen molar-refractivity contribution < 1.29 is 9.21 Å². The quantitative estimate of drug-likeness (QED) is 0.611. The monoisotopic (exact) mass is 359 g/mol. The third kappa shape index (κ3) is 3.48. The average molecular weight is 360 g/mol. The highest BCUT2D eigenvalue weighted by Gasteiger charge is 2.13. The van der Waals surface area contributed by atoms with Crippen molar-refractivity contribution in [1.29, 1.82) is 0 Å². The number of halogens is 2. The first-order valence-electron chi connectivity index (χ1n) is 7.38. The molecule has 3 nitrogen and oxygen atoms in total. The highest BCUT2D eigenvalue weighted by molar-refractivity contribution is 6.42. The van der Waals surface area contributed by atoms with Crippen LogP contribution < -0.4 is 5.32 Å². The van der Waals surface area contributed by atoms with Crippen molar-refractivity contribution in [2.45, 2.75) is 13.8 Å². The molecule has 1 amide bonds. The predicted octanol–water partition coefficient (Wildman–Crippen LogP) is 6.12. The molecule has 2 aromatic carbocycles. The van der Waals surface area contributed by atoms with E-state index >= 15 is 0 Å². The largest absolute Gasteiger partial charge is 0.451 e. The van der Waals surface area contributed by atoms with Crippen LogP contribution in [-0.4, -0.2) is 5.91 Å². The maximum absolute atomic E-state index is 12.3. The summed E-state index contributed by atoms with van der Waals surface area (Å²) in [6.07, 6.45) is 0. The Balaban J connectivity index is 1.80. The summed E-state index contributed by atoms with van der Waals surface area (Å²) in [6, 6.07) is 14.4. The molecule has 1 aromatic heterocycles. The molecule has 0 aliphatic rings. The van der Waals surface area contributed by atoms with Crippen LogP contribution in [0.25, 0.3) is 11.3 Å². The number of benzene rings is 2. The van der Waals surface area contributed by atoms with Crippen LogP contribution in [0, 0.1) is 13.8 Å². The van der Waals surface area contributed by atoms with E-state index in [0.717, 1.165) is 5.56 Å². The van der Waals surface area contributed by atoms with Crippen molar-refractivity contribution in [2.75, 3.05) is 5.32 Å². The predicted molar refractivity (Wildman–Crippen MR) is 98.0 cm³/mol. The van der Waals surface area contributed by atoms with Crippen molar-refractivity contribution in [1.82, 2.24) is 0 Å². The summed E-state index contributed by atoms with van der Waals surface area (Å²) in [5.41, 5.74) is 3.87. The number of anilines is 1. The van der Waals surface area contributed by atoms with E-state index in [9.17, 15) is 4.79 Å². The third-order valence-electron chi connectivity index (χ3n) is 3.80. The van der Waals surface area contributed by atoms with Gasteiger partial charge in [0.2, 0.25) is 0 Å². The van der Waals surface area contributed by atoms with E-state index in [2.05, 4.69) is 12.2 Å². The molecule has 3 rings (SSSR count). The van der Waals surface area contributed by atoms with Crippen LogP contribution in [0.3, 0.4) is 0 Å². The number of hydrogen-bond acceptors (Lipinski definition) is 2. The molecule has 0 fully saturated rings. The Kier molecular flexibility index (Phi) is 4.65. The van der Waals surface area contributed by atoms with Crippen molar-refractivity contribution >= 4 is 34.8 Å². The minimum Gasteiger partial charge on any atom is -0.451 e. The first kappa shape index (κ1) is 16.6. The standard InChI is InChI=1S/C19H15Cl2NO2/c1-11-3-4-13(9-12(11)2)17-7-8-18(24-17)19(23)22-14-5-6-15(20)16(21)10-14/h3-10H,1-2H3,(H,22,23). The molecule has 5 heteroatoms. The Morgan fingerprint density at radius 2 is 1.71 bits per heavy atom. The molecule has 0 bridgehead atoms. The number of amides is 1. The first-order valence-corrected chi connectivity index (χ1v) is 8.13. The minimum atomic E-state index is -0.344. The van der Waals surface area contributed by atoms with Gasteiger partial charge in [-0.15, -0.1) is 0 Å². The second-order valence-corrected chi connectivity index (χ2v) is 6.36. The fourth-order valence-corrected chi connectivity index (χ4v) is 2.57. The van der Waals surface area contributed by atoms with E-state index < -0.39 is 0 Å². The highest BCUT2D eigenvalue weighted by atomic mass is 35.5. The van der Waals surface area contributed by atoms with Crippen molar-refractivity contribution in [3.05, 3.63) is 75.5 Å². The summed E-state index contributed by atoms with van der Waals surface area (Å²) < 4.78 is 5.68. The van der Waals surface area contributed by atoms with Crippen LogP contribution in [0.5, 0.6) is 0 Å². The molecule has 0 atom stereocenters. The van der Waals surface area contributed by atoms with Gasteiger partial charge in [0, 0.05) is 11.3 Å². The minimum absolute atomic E-state index is 0.231. The molecule has 0 aliphatic carbocycles. The summed E-state index contributed by atoms with van der Waals surface area (Å²) in [7, 11) is 0. The third-order valence-corrected chi connectivity index (χ3v) is 4.54. The van der Waals surface area contributed by atoms with Crippen molar-refractivity contribution in [3.63, 3.8) is 0 Å². The second kappa shape index (κ2) is 6.71. The summed E-state index contributed by atoms with van der Waals surface area (Å²) in [4.78, 5) is 12.3. The first-order chi connectivity index (χ1) is 11.4. The van der Waals surface area contributed by atoms with Crippen LogP contribution >= 0.6 is 23.2 Å². The maximum Gasteiger partial charge on any atom is 0.291 e. The van der Waals surface area contributed by atoms with Crippen LogP contribution in [0.1, 0.15) is 21.7 Å². The van der Waals surface area contributed by atoms with Gasteiger partial charge in [-0.25, -0.2) is 0 Å². The number of rotatable bonds is 3. The van der Waals surface area contributed by atoms with E-state index in [1.165, 1.54) is 11.1 Å². The zero-order valence-electron chi connectivity index (χ0n) is 13.2. The molecule has 24 heavy (non-hydrogen) atoms. The summed E-state index contributed by atoms with van der Waals surface area (Å²) in [5.74, 6) is 0.537.